The van der Waals surface area contributed by atoms with Gasteiger partial charge in [-0.25, -0.2) is 4.90 Å². The third-order valence-electron chi connectivity index (χ3n) is 6.58. The quantitative estimate of drug-likeness (QED) is 0.118. The number of halogens is 1. The first-order chi connectivity index (χ1) is 20.1. The molecule has 1 aliphatic rings. The van der Waals surface area contributed by atoms with Crippen LogP contribution < -0.4 is 15.5 Å². The average Bonchev–Trinajstić information content (AvgIpc) is 3.20. The highest BCUT2D eigenvalue weighted by Gasteiger charge is 2.40. The van der Waals surface area contributed by atoms with Crippen molar-refractivity contribution in [1.29, 1.82) is 0 Å². The van der Waals surface area contributed by atoms with E-state index >= 15 is 0 Å². The predicted molar refractivity (Wildman–Crippen MR) is 167 cm³/mol. The standard InChI is InChI=1S/C31H23BrN4O5S/c1-18-3-12-25(17-19(18)2)35-30(38)27(33-22-8-6-21(32)7-9-22)28(31(35)39)42-26-15-10-23(11-16-26)34-29(37)20-4-13-24(14-5-20)36(40)41/h3-17,33H,1-2H3,(H,34,37). The van der Waals surface area contributed by atoms with Crippen LogP contribution in [0.25, 0.3) is 0 Å². The van der Waals surface area contributed by atoms with Crippen molar-refractivity contribution in [2.24, 2.45) is 0 Å². The number of amides is 3. The van der Waals surface area contributed by atoms with Crippen molar-refractivity contribution in [3.8, 4) is 0 Å². The molecule has 0 fully saturated rings. The molecule has 0 radical (unpaired) electrons. The first-order valence-electron chi connectivity index (χ1n) is 12.7. The molecule has 11 heteroatoms. The number of nitro groups is 1. The molecule has 0 saturated carbocycles. The summed E-state index contributed by atoms with van der Waals surface area (Å²) in [6.45, 7) is 3.89. The molecule has 1 aliphatic heterocycles. The van der Waals surface area contributed by atoms with Gasteiger partial charge in [0.1, 0.15) is 10.6 Å². The Balaban J connectivity index is 1.39. The van der Waals surface area contributed by atoms with Crippen molar-refractivity contribution in [1.82, 2.24) is 0 Å². The molecule has 9 nitrogen and oxygen atoms in total. The van der Waals surface area contributed by atoms with Crippen molar-refractivity contribution >= 4 is 68.2 Å². The van der Waals surface area contributed by atoms with Gasteiger partial charge in [0.05, 0.1) is 10.6 Å². The van der Waals surface area contributed by atoms with Crippen molar-refractivity contribution in [3.63, 3.8) is 0 Å². The van der Waals surface area contributed by atoms with Crippen LogP contribution in [-0.4, -0.2) is 22.6 Å². The molecular formula is C31H23BrN4O5S. The second kappa shape index (κ2) is 12.0. The van der Waals surface area contributed by atoms with E-state index in [1.807, 2.05) is 38.1 Å². The lowest BCUT2D eigenvalue weighted by Crippen LogP contribution is -2.32. The lowest BCUT2D eigenvalue weighted by molar-refractivity contribution is -0.384. The lowest BCUT2D eigenvalue weighted by atomic mass is 10.1. The Hall–Kier alpha value is -4.74. The first-order valence-corrected chi connectivity index (χ1v) is 14.3. The Kier molecular flexibility index (Phi) is 8.23. The molecule has 42 heavy (non-hydrogen) atoms. The fraction of sp³-hybridized carbons (Fsp3) is 0.0645. The molecule has 3 amide bonds. The zero-order valence-corrected chi connectivity index (χ0v) is 24.8. The second-order valence-electron chi connectivity index (χ2n) is 9.43. The SMILES string of the molecule is Cc1ccc(N2C(=O)C(Nc3ccc(Br)cc3)=C(Sc3ccc(NC(=O)c4ccc([N+](=O)[O-])cc4)cc3)C2=O)cc1C. The minimum atomic E-state index is -0.531. The van der Waals surface area contributed by atoms with E-state index in [9.17, 15) is 24.5 Å². The number of hydrogen-bond donors (Lipinski definition) is 2. The van der Waals surface area contributed by atoms with Crippen LogP contribution in [0.2, 0.25) is 0 Å². The third-order valence-corrected chi connectivity index (χ3v) is 8.20. The summed E-state index contributed by atoms with van der Waals surface area (Å²) >= 11 is 4.55. The Bertz CT molecular complexity index is 1750. The number of nitro benzene ring substituents is 1. The minimum Gasteiger partial charge on any atom is -0.350 e. The number of carbonyl (C=O) groups excluding carboxylic acids is 3. The Morgan fingerprint density at radius 2 is 1.48 bits per heavy atom. The molecule has 4 aromatic rings. The van der Waals surface area contributed by atoms with Crippen LogP contribution in [-0.2, 0) is 9.59 Å². The normalized spacial score (nSPS) is 13.0. The van der Waals surface area contributed by atoms with Crippen molar-refractivity contribution < 1.29 is 19.3 Å². The van der Waals surface area contributed by atoms with Gasteiger partial charge in [-0.05, 0) is 97.8 Å². The molecule has 0 bridgehead atoms. The summed E-state index contributed by atoms with van der Waals surface area (Å²) in [6.07, 6.45) is 0. The molecule has 0 aromatic heterocycles. The molecule has 0 spiro atoms. The number of hydrogen-bond acceptors (Lipinski definition) is 7. The molecule has 1 heterocycles. The average molecular weight is 644 g/mol. The van der Waals surface area contributed by atoms with Crippen molar-refractivity contribution in [3.05, 3.63) is 133 Å². The number of rotatable bonds is 8. The fourth-order valence-corrected chi connectivity index (χ4v) is 5.34. The number of nitrogens with zero attached hydrogens (tertiary/aromatic N) is 2. The van der Waals surface area contributed by atoms with Gasteiger partial charge < -0.3 is 10.6 Å². The predicted octanol–water partition coefficient (Wildman–Crippen LogP) is 7.22. The molecule has 0 saturated heterocycles. The highest BCUT2D eigenvalue weighted by Crippen LogP contribution is 2.38. The molecule has 0 aliphatic carbocycles. The van der Waals surface area contributed by atoms with Gasteiger partial charge in [-0.2, -0.15) is 0 Å². The number of anilines is 3. The summed E-state index contributed by atoms with van der Waals surface area (Å²) in [5.41, 5.74) is 3.98. The van der Waals surface area contributed by atoms with Crippen LogP contribution in [0.1, 0.15) is 21.5 Å². The number of aryl methyl sites for hydroxylation is 2. The zero-order valence-electron chi connectivity index (χ0n) is 22.4. The van der Waals surface area contributed by atoms with Crippen LogP contribution >= 0.6 is 27.7 Å². The number of non-ortho nitro benzene ring substituents is 1. The van der Waals surface area contributed by atoms with Gasteiger partial charge >= 0.3 is 0 Å². The van der Waals surface area contributed by atoms with Gasteiger partial charge in [0.2, 0.25) is 0 Å². The molecule has 5 rings (SSSR count). The smallest absolute Gasteiger partial charge is 0.283 e. The van der Waals surface area contributed by atoms with E-state index in [0.29, 0.717) is 22.0 Å². The van der Waals surface area contributed by atoms with Crippen molar-refractivity contribution in [2.45, 2.75) is 18.7 Å². The molecule has 0 unspecified atom stereocenters. The molecule has 2 N–H and O–H groups in total. The monoisotopic (exact) mass is 642 g/mol. The summed E-state index contributed by atoms with van der Waals surface area (Å²) in [5.74, 6) is -1.32. The van der Waals surface area contributed by atoms with Gasteiger partial charge in [-0.15, -0.1) is 0 Å². The molecule has 210 valence electrons. The maximum Gasteiger partial charge on any atom is 0.283 e. The summed E-state index contributed by atoms with van der Waals surface area (Å²) in [5, 5.41) is 16.7. The molecule has 4 aromatic carbocycles. The van der Waals surface area contributed by atoms with Gasteiger partial charge in [-0.1, -0.05) is 33.8 Å². The van der Waals surface area contributed by atoms with Crippen LogP contribution in [0, 0.1) is 24.0 Å². The number of benzene rings is 4. The summed E-state index contributed by atoms with van der Waals surface area (Å²) in [4.78, 5) is 52.3. The lowest BCUT2D eigenvalue weighted by Gasteiger charge is -2.16. The second-order valence-corrected chi connectivity index (χ2v) is 11.4. The van der Waals surface area contributed by atoms with E-state index in [1.54, 1.807) is 42.5 Å². The molecule has 0 atom stereocenters. The number of thioether (sulfide) groups is 1. The zero-order chi connectivity index (χ0) is 30.0. The topological polar surface area (TPSA) is 122 Å². The summed E-state index contributed by atoms with van der Waals surface area (Å²) in [7, 11) is 0. The van der Waals surface area contributed by atoms with E-state index in [4.69, 9.17) is 0 Å². The van der Waals surface area contributed by atoms with E-state index in [1.165, 1.54) is 29.2 Å². The van der Waals surface area contributed by atoms with Gasteiger partial charge in [0.15, 0.2) is 0 Å². The van der Waals surface area contributed by atoms with Crippen LogP contribution in [0.3, 0.4) is 0 Å². The summed E-state index contributed by atoms with van der Waals surface area (Å²) < 4.78 is 0.878. The highest BCUT2D eigenvalue weighted by atomic mass is 79.9. The summed E-state index contributed by atoms with van der Waals surface area (Å²) in [6, 6.07) is 24.8. The van der Waals surface area contributed by atoms with Gasteiger partial charge in [0, 0.05) is 38.4 Å². The maximum atomic E-state index is 13.7. The number of carbonyl (C=O) groups is 3. The number of imide groups is 1. The van der Waals surface area contributed by atoms with Crippen LogP contribution in [0.4, 0.5) is 22.7 Å². The van der Waals surface area contributed by atoms with E-state index in [0.717, 1.165) is 27.4 Å². The Morgan fingerprint density at radius 3 is 2.10 bits per heavy atom. The van der Waals surface area contributed by atoms with Crippen LogP contribution in [0.15, 0.2) is 111 Å². The highest BCUT2D eigenvalue weighted by molar-refractivity contribution is 9.10. The molecular weight excluding hydrogens is 620 g/mol. The van der Waals surface area contributed by atoms with Crippen LogP contribution in [0.5, 0.6) is 0 Å². The van der Waals surface area contributed by atoms with E-state index < -0.39 is 22.6 Å². The largest absolute Gasteiger partial charge is 0.350 e. The minimum absolute atomic E-state index is 0.104. The Labute approximate surface area is 253 Å². The van der Waals surface area contributed by atoms with Crippen molar-refractivity contribution in [2.75, 3.05) is 15.5 Å². The van der Waals surface area contributed by atoms with Gasteiger partial charge in [-0.3, -0.25) is 24.5 Å². The van der Waals surface area contributed by atoms with Gasteiger partial charge in [0.25, 0.3) is 23.4 Å². The third kappa shape index (κ3) is 6.12. The van der Waals surface area contributed by atoms with E-state index in [-0.39, 0.29) is 21.9 Å². The maximum absolute atomic E-state index is 13.7. The Morgan fingerprint density at radius 1 is 0.833 bits per heavy atom. The number of nitrogens with one attached hydrogen (secondary N) is 2. The fourth-order valence-electron chi connectivity index (χ4n) is 4.15. The first kappa shape index (κ1) is 28.8. The van der Waals surface area contributed by atoms with E-state index in [2.05, 4.69) is 26.6 Å².